The number of nitrogens with one attached hydrogen (secondary N) is 1. The molecule has 3 heteroatoms. The number of piperazine rings is 1. The van der Waals surface area contributed by atoms with Crippen LogP contribution in [0.5, 0.6) is 0 Å². The maximum atomic E-state index is 6.29. The SMILES string of the molecule is CC(C)CC1CNC(C)CN1Cc1ccccc1Cl. The van der Waals surface area contributed by atoms with Crippen LogP contribution in [0.2, 0.25) is 5.02 Å². The predicted molar refractivity (Wildman–Crippen MR) is 82.6 cm³/mol. The van der Waals surface area contributed by atoms with Crippen LogP contribution >= 0.6 is 11.6 Å². The van der Waals surface area contributed by atoms with Crippen molar-refractivity contribution >= 4 is 11.6 Å². The average Bonchev–Trinajstić information content (AvgIpc) is 2.35. The van der Waals surface area contributed by atoms with E-state index in [0.29, 0.717) is 12.1 Å². The summed E-state index contributed by atoms with van der Waals surface area (Å²) in [5, 5.41) is 4.48. The summed E-state index contributed by atoms with van der Waals surface area (Å²) in [7, 11) is 0. The number of halogens is 1. The lowest BCUT2D eigenvalue weighted by molar-refractivity contribution is 0.111. The Balaban J connectivity index is 2.07. The molecule has 0 bridgehead atoms. The standard InChI is InChI=1S/C16H25ClN2/c1-12(2)8-15-9-18-13(3)10-19(15)11-14-6-4-5-7-16(14)17/h4-7,12-13,15,18H,8-11H2,1-3H3. The highest BCUT2D eigenvalue weighted by atomic mass is 35.5. The van der Waals surface area contributed by atoms with Gasteiger partial charge in [0, 0.05) is 36.7 Å². The van der Waals surface area contributed by atoms with E-state index in [1.807, 2.05) is 12.1 Å². The molecule has 0 aromatic heterocycles. The molecule has 1 aliphatic rings. The van der Waals surface area contributed by atoms with Gasteiger partial charge < -0.3 is 5.32 Å². The van der Waals surface area contributed by atoms with Gasteiger partial charge in [0.15, 0.2) is 0 Å². The fourth-order valence-electron chi connectivity index (χ4n) is 2.85. The molecule has 2 unspecified atom stereocenters. The molecule has 0 saturated carbocycles. The highest BCUT2D eigenvalue weighted by Gasteiger charge is 2.26. The third-order valence-electron chi connectivity index (χ3n) is 3.80. The van der Waals surface area contributed by atoms with Crippen LogP contribution in [-0.2, 0) is 6.54 Å². The van der Waals surface area contributed by atoms with Crippen molar-refractivity contribution in [3.8, 4) is 0 Å². The normalized spacial score (nSPS) is 24.9. The summed E-state index contributed by atoms with van der Waals surface area (Å²) in [6.45, 7) is 10.00. The molecule has 0 spiro atoms. The molecule has 0 radical (unpaired) electrons. The molecule has 2 atom stereocenters. The van der Waals surface area contributed by atoms with Crippen LogP contribution in [0.25, 0.3) is 0 Å². The van der Waals surface area contributed by atoms with Crippen molar-refractivity contribution in [3.63, 3.8) is 0 Å². The fraction of sp³-hybridized carbons (Fsp3) is 0.625. The van der Waals surface area contributed by atoms with Crippen LogP contribution in [0.4, 0.5) is 0 Å². The van der Waals surface area contributed by atoms with Crippen LogP contribution in [0.15, 0.2) is 24.3 Å². The molecular formula is C16H25ClN2. The first kappa shape index (κ1) is 14.8. The summed E-state index contributed by atoms with van der Waals surface area (Å²) in [6.07, 6.45) is 1.24. The monoisotopic (exact) mass is 280 g/mol. The van der Waals surface area contributed by atoms with Crippen molar-refractivity contribution in [2.75, 3.05) is 13.1 Å². The molecule has 1 N–H and O–H groups in total. The van der Waals surface area contributed by atoms with Gasteiger partial charge in [-0.3, -0.25) is 4.90 Å². The summed E-state index contributed by atoms with van der Waals surface area (Å²) in [6, 6.07) is 9.38. The molecular weight excluding hydrogens is 256 g/mol. The third kappa shape index (κ3) is 4.20. The summed E-state index contributed by atoms with van der Waals surface area (Å²) in [5.74, 6) is 0.731. The van der Waals surface area contributed by atoms with Gasteiger partial charge in [-0.05, 0) is 30.9 Å². The number of nitrogens with zero attached hydrogens (tertiary/aromatic N) is 1. The molecule has 1 aromatic carbocycles. The van der Waals surface area contributed by atoms with Crippen LogP contribution < -0.4 is 5.32 Å². The number of hydrogen-bond acceptors (Lipinski definition) is 2. The highest BCUT2D eigenvalue weighted by molar-refractivity contribution is 6.31. The van der Waals surface area contributed by atoms with Gasteiger partial charge in [0.2, 0.25) is 0 Å². The minimum Gasteiger partial charge on any atom is -0.311 e. The molecule has 19 heavy (non-hydrogen) atoms. The topological polar surface area (TPSA) is 15.3 Å². The highest BCUT2D eigenvalue weighted by Crippen LogP contribution is 2.22. The van der Waals surface area contributed by atoms with Gasteiger partial charge in [0.05, 0.1) is 0 Å². The van der Waals surface area contributed by atoms with E-state index in [4.69, 9.17) is 11.6 Å². The zero-order valence-corrected chi connectivity index (χ0v) is 13.0. The van der Waals surface area contributed by atoms with Crippen molar-refractivity contribution in [2.45, 2.75) is 45.8 Å². The lowest BCUT2D eigenvalue weighted by Gasteiger charge is -2.40. The minimum atomic E-state index is 0.561. The molecule has 0 aliphatic carbocycles. The van der Waals surface area contributed by atoms with Gasteiger partial charge in [0.1, 0.15) is 0 Å². The fourth-order valence-corrected chi connectivity index (χ4v) is 3.04. The van der Waals surface area contributed by atoms with E-state index in [1.54, 1.807) is 0 Å². The Morgan fingerprint density at radius 3 is 2.79 bits per heavy atom. The molecule has 1 fully saturated rings. The second kappa shape index (κ2) is 6.74. The Hall–Kier alpha value is -0.570. The summed E-state index contributed by atoms with van der Waals surface area (Å²) in [4.78, 5) is 2.59. The van der Waals surface area contributed by atoms with Crippen molar-refractivity contribution in [2.24, 2.45) is 5.92 Å². The van der Waals surface area contributed by atoms with Gasteiger partial charge in [-0.1, -0.05) is 43.6 Å². The van der Waals surface area contributed by atoms with Crippen molar-refractivity contribution < 1.29 is 0 Å². The first-order valence-corrected chi connectivity index (χ1v) is 7.65. The Morgan fingerprint density at radius 2 is 2.11 bits per heavy atom. The van der Waals surface area contributed by atoms with Crippen LogP contribution in [0.1, 0.15) is 32.8 Å². The van der Waals surface area contributed by atoms with Gasteiger partial charge in [-0.2, -0.15) is 0 Å². The van der Waals surface area contributed by atoms with Crippen molar-refractivity contribution in [1.29, 1.82) is 0 Å². The first-order chi connectivity index (χ1) is 9.06. The van der Waals surface area contributed by atoms with E-state index in [-0.39, 0.29) is 0 Å². The maximum absolute atomic E-state index is 6.29. The first-order valence-electron chi connectivity index (χ1n) is 7.27. The Kier molecular flexibility index (Phi) is 5.26. The number of rotatable bonds is 4. The lowest BCUT2D eigenvalue weighted by atomic mass is 9.98. The number of benzene rings is 1. The van der Waals surface area contributed by atoms with E-state index in [1.165, 1.54) is 12.0 Å². The maximum Gasteiger partial charge on any atom is 0.0451 e. The Labute approximate surface area is 122 Å². The van der Waals surface area contributed by atoms with Crippen LogP contribution in [0, 0.1) is 5.92 Å². The molecule has 1 saturated heterocycles. The molecule has 1 aliphatic heterocycles. The predicted octanol–water partition coefficient (Wildman–Crippen LogP) is 3.55. The number of hydrogen-bond donors (Lipinski definition) is 1. The van der Waals surface area contributed by atoms with Gasteiger partial charge in [0.25, 0.3) is 0 Å². The van der Waals surface area contributed by atoms with Crippen molar-refractivity contribution in [1.82, 2.24) is 10.2 Å². The quantitative estimate of drug-likeness (QED) is 0.907. The van der Waals surface area contributed by atoms with Gasteiger partial charge in [-0.25, -0.2) is 0 Å². The zero-order chi connectivity index (χ0) is 13.8. The Bertz CT molecular complexity index is 405. The third-order valence-corrected chi connectivity index (χ3v) is 4.17. The lowest BCUT2D eigenvalue weighted by Crippen LogP contribution is -2.55. The minimum absolute atomic E-state index is 0.561. The largest absolute Gasteiger partial charge is 0.311 e. The molecule has 2 rings (SSSR count). The van der Waals surface area contributed by atoms with Gasteiger partial charge >= 0.3 is 0 Å². The van der Waals surface area contributed by atoms with Crippen molar-refractivity contribution in [3.05, 3.63) is 34.9 Å². The van der Waals surface area contributed by atoms with Crippen LogP contribution in [-0.4, -0.2) is 30.1 Å². The van der Waals surface area contributed by atoms with Gasteiger partial charge in [-0.15, -0.1) is 0 Å². The van der Waals surface area contributed by atoms with Crippen LogP contribution in [0.3, 0.4) is 0 Å². The zero-order valence-electron chi connectivity index (χ0n) is 12.2. The second-order valence-corrected chi connectivity index (χ2v) is 6.52. The van der Waals surface area contributed by atoms with E-state index in [0.717, 1.165) is 30.6 Å². The summed E-state index contributed by atoms with van der Waals surface area (Å²) in [5.41, 5.74) is 1.24. The van der Waals surface area contributed by atoms with E-state index in [9.17, 15) is 0 Å². The second-order valence-electron chi connectivity index (χ2n) is 6.11. The summed E-state index contributed by atoms with van der Waals surface area (Å²) >= 11 is 6.29. The van der Waals surface area contributed by atoms with E-state index >= 15 is 0 Å². The van der Waals surface area contributed by atoms with E-state index in [2.05, 4.69) is 43.1 Å². The summed E-state index contributed by atoms with van der Waals surface area (Å²) < 4.78 is 0. The molecule has 2 nitrogen and oxygen atoms in total. The molecule has 106 valence electrons. The Morgan fingerprint density at radius 1 is 1.37 bits per heavy atom. The average molecular weight is 281 g/mol. The molecule has 0 amide bonds. The molecule has 1 aromatic rings. The van der Waals surface area contributed by atoms with E-state index < -0.39 is 0 Å². The smallest absolute Gasteiger partial charge is 0.0451 e. The molecule has 1 heterocycles.